The zero-order chi connectivity index (χ0) is 21.8. The molecule has 0 saturated carbocycles. The van der Waals surface area contributed by atoms with Gasteiger partial charge in [0.15, 0.2) is 0 Å². The quantitative estimate of drug-likeness (QED) is 0.613. The fourth-order valence-electron chi connectivity index (χ4n) is 3.88. The molecule has 6 nitrogen and oxygen atoms in total. The molecule has 4 N–H and O–H groups in total. The molecule has 6 heteroatoms. The van der Waals surface area contributed by atoms with Gasteiger partial charge in [0.2, 0.25) is 6.35 Å². The first kappa shape index (κ1) is 22.0. The molecular weight excluding hydrogens is 378 g/mol. The average Bonchev–Trinajstić information content (AvgIpc) is 3.07. The first-order valence-corrected chi connectivity index (χ1v) is 10.6. The van der Waals surface area contributed by atoms with Crippen molar-refractivity contribution in [3.05, 3.63) is 59.7 Å². The van der Waals surface area contributed by atoms with Crippen LogP contribution in [0.2, 0.25) is 0 Å². The van der Waals surface area contributed by atoms with Gasteiger partial charge in [0.25, 0.3) is 0 Å². The molecule has 0 spiro atoms. The van der Waals surface area contributed by atoms with Crippen LogP contribution in [-0.2, 0) is 10.2 Å². The number of hydrogen-bond acceptors (Lipinski definition) is 5. The maximum atomic E-state index is 12.5. The molecule has 2 aromatic rings. The van der Waals surface area contributed by atoms with E-state index in [4.69, 9.17) is 15.2 Å². The monoisotopic (exact) mass is 411 g/mol. The van der Waals surface area contributed by atoms with Crippen molar-refractivity contribution in [3.8, 4) is 5.75 Å². The summed E-state index contributed by atoms with van der Waals surface area (Å²) in [5.74, 6) is 0.731. The Kier molecular flexibility index (Phi) is 6.56. The summed E-state index contributed by atoms with van der Waals surface area (Å²) in [6.07, 6.45) is 1.98. The summed E-state index contributed by atoms with van der Waals surface area (Å²) in [5.41, 5.74) is 8.02. The standard InChI is InChI=1S/C24H33N3O3/c1-5-6-14-24(17-10-8-7-9-11-17,16-26-22(28)30-23(2,3)4)18-12-13-19-20(15-18)29-21(25)27-19/h7-13,15,21,27H,5-6,14,16,25H2,1-4H3,(H,26,28). The van der Waals surface area contributed by atoms with E-state index >= 15 is 0 Å². The Bertz CT molecular complexity index is 864. The van der Waals surface area contributed by atoms with Crippen molar-refractivity contribution in [1.82, 2.24) is 5.32 Å². The number of carbonyl (C=O) groups is 1. The average molecular weight is 412 g/mol. The Morgan fingerprint density at radius 2 is 1.90 bits per heavy atom. The summed E-state index contributed by atoms with van der Waals surface area (Å²) in [6.45, 7) is 8.18. The summed E-state index contributed by atoms with van der Waals surface area (Å²) in [5, 5.41) is 6.12. The van der Waals surface area contributed by atoms with Gasteiger partial charge in [-0.15, -0.1) is 0 Å². The summed E-state index contributed by atoms with van der Waals surface area (Å²) in [7, 11) is 0. The van der Waals surface area contributed by atoms with Gasteiger partial charge in [0.1, 0.15) is 11.4 Å². The Morgan fingerprint density at radius 1 is 1.17 bits per heavy atom. The van der Waals surface area contributed by atoms with Crippen molar-refractivity contribution in [2.75, 3.05) is 11.9 Å². The Labute approximate surface area is 179 Å². The lowest BCUT2D eigenvalue weighted by atomic mass is 9.71. The third-order valence-corrected chi connectivity index (χ3v) is 5.30. The van der Waals surface area contributed by atoms with Crippen LogP contribution in [0.5, 0.6) is 5.75 Å². The van der Waals surface area contributed by atoms with Crippen LogP contribution in [0.3, 0.4) is 0 Å². The molecule has 30 heavy (non-hydrogen) atoms. The topological polar surface area (TPSA) is 85.6 Å². The number of unbranched alkanes of at least 4 members (excludes halogenated alkanes) is 1. The maximum absolute atomic E-state index is 12.5. The van der Waals surface area contributed by atoms with E-state index in [9.17, 15) is 4.79 Å². The highest BCUT2D eigenvalue weighted by molar-refractivity contribution is 5.68. The summed E-state index contributed by atoms with van der Waals surface area (Å²) >= 11 is 0. The molecule has 2 atom stereocenters. The Balaban J connectivity index is 2.00. The van der Waals surface area contributed by atoms with Crippen LogP contribution in [0.25, 0.3) is 0 Å². The van der Waals surface area contributed by atoms with Gasteiger partial charge in [-0.2, -0.15) is 0 Å². The van der Waals surface area contributed by atoms with Gasteiger partial charge >= 0.3 is 6.09 Å². The number of ether oxygens (including phenoxy) is 2. The summed E-state index contributed by atoms with van der Waals surface area (Å²) < 4.78 is 11.2. The summed E-state index contributed by atoms with van der Waals surface area (Å²) in [4.78, 5) is 12.5. The lowest BCUT2D eigenvalue weighted by Gasteiger charge is -2.36. The highest BCUT2D eigenvalue weighted by Gasteiger charge is 2.36. The van der Waals surface area contributed by atoms with Crippen molar-refractivity contribution < 1.29 is 14.3 Å². The van der Waals surface area contributed by atoms with E-state index in [1.807, 2.05) is 51.1 Å². The number of amides is 1. The molecule has 1 aliphatic rings. The fourth-order valence-corrected chi connectivity index (χ4v) is 3.88. The summed E-state index contributed by atoms with van der Waals surface area (Å²) in [6, 6.07) is 16.4. The number of rotatable bonds is 7. The van der Waals surface area contributed by atoms with Crippen LogP contribution in [-0.4, -0.2) is 24.6 Å². The van der Waals surface area contributed by atoms with Crippen molar-refractivity contribution >= 4 is 11.8 Å². The van der Waals surface area contributed by atoms with Crippen LogP contribution in [0.4, 0.5) is 10.5 Å². The van der Waals surface area contributed by atoms with Gasteiger partial charge in [-0.3, -0.25) is 5.73 Å². The second kappa shape index (κ2) is 8.96. The first-order chi connectivity index (χ1) is 14.2. The Hall–Kier alpha value is -2.73. The van der Waals surface area contributed by atoms with Crippen LogP contribution < -0.4 is 21.1 Å². The minimum absolute atomic E-state index is 0.416. The normalized spacial score (nSPS) is 17.3. The van der Waals surface area contributed by atoms with E-state index in [-0.39, 0.29) is 0 Å². The molecule has 1 aliphatic heterocycles. The van der Waals surface area contributed by atoms with Gasteiger partial charge in [-0.25, -0.2) is 4.79 Å². The van der Waals surface area contributed by atoms with Crippen molar-refractivity contribution in [2.45, 2.75) is 64.3 Å². The molecule has 0 saturated heterocycles. The number of benzene rings is 2. The van der Waals surface area contributed by atoms with E-state index < -0.39 is 23.5 Å². The number of anilines is 1. The molecular formula is C24H33N3O3. The fraction of sp³-hybridized carbons (Fsp3) is 0.458. The third-order valence-electron chi connectivity index (χ3n) is 5.30. The van der Waals surface area contributed by atoms with Gasteiger partial charge in [0.05, 0.1) is 5.69 Å². The van der Waals surface area contributed by atoms with E-state index in [0.717, 1.165) is 41.8 Å². The van der Waals surface area contributed by atoms with Gasteiger partial charge in [0, 0.05) is 12.0 Å². The third kappa shape index (κ3) is 5.05. The van der Waals surface area contributed by atoms with Crippen LogP contribution in [0, 0.1) is 0 Å². The minimum atomic E-state index is -0.549. The van der Waals surface area contributed by atoms with Crippen LogP contribution in [0.15, 0.2) is 48.5 Å². The predicted octanol–water partition coefficient (Wildman–Crippen LogP) is 4.73. The highest BCUT2D eigenvalue weighted by Crippen LogP contribution is 2.41. The minimum Gasteiger partial charge on any atom is -0.456 e. The zero-order valence-corrected chi connectivity index (χ0v) is 18.3. The number of alkyl carbamates (subject to hydrolysis) is 1. The second-order valence-electron chi connectivity index (χ2n) is 8.80. The molecule has 1 amide bonds. The SMILES string of the molecule is CCCCC(CNC(=O)OC(C)(C)C)(c1ccccc1)c1ccc2c(c1)OC(N)N2. The number of nitrogens with one attached hydrogen (secondary N) is 2. The predicted molar refractivity (Wildman–Crippen MR) is 120 cm³/mol. The molecule has 0 radical (unpaired) electrons. The molecule has 0 bridgehead atoms. The molecule has 1 heterocycles. The molecule has 0 aromatic heterocycles. The zero-order valence-electron chi connectivity index (χ0n) is 18.3. The van der Waals surface area contributed by atoms with Crippen molar-refractivity contribution in [3.63, 3.8) is 0 Å². The van der Waals surface area contributed by atoms with E-state index in [2.05, 4.69) is 35.8 Å². The van der Waals surface area contributed by atoms with Crippen LogP contribution >= 0.6 is 0 Å². The number of nitrogens with two attached hydrogens (primary N) is 1. The Morgan fingerprint density at radius 3 is 2.57 bits per heavy atom. The molecule has 3 rings (SSSR count). The van der Waals surface area contributed by atoms with Crippen molar-refractivity contribution in [2.24, 2.45) is 5.73 Å². The molecule has 0 aliphatic carbocycles. The van der Waals surface area contributed by atoms with E-state index in [1.54, 1.807) is 0 Å². The van der Waals surface area contributed by atoms with E-state index in [0.29, 0.717) is 6.54 Å². The van der Waals surface area contributed by atoms with Crippen LogP contribution in [0.1, 0.15) is 58.1 Å². The number of carbonyl (C=O) groups excluding carboxylic acids is 1. The van der Waals surface area contributed by atoms with E-state index in [1.165, 1.54) is 0 Å². The smallest absolute Gasteiger partial charge is 0.407 e. The maximum Gasteiger partial charge on any atom is 0.407 e. The van der Waals surface area contributed by atoms with Gasteiger partial charge < -0.3 is 20.1 Å². The first-order valence-electron chi connectivity index (χ1n) is 10.6. The van der Waals surface area contributed by atoms with Gasteiger partial charge in [-0.05, 0) is 50.5 Å². The lowest BCUT2D eigenvalue weighted by molar-refractivity contribution is 0.0517. The highest BCUT2D eigenvalue weighted by atomic mass is 16.6. The molecule has 2 unspecified atom stereocenters. The lowest BCUT2D eigenvalue weighted by Crippen LogP contribution is -2.43. The number of fused-ring (bicyclic) bond motifs is 1. The van der Waals surface area contributed by atoms with Crippen molar-refractivity contribution in [1.29, 1.82) is 0 Å². The molecule has 162 valence electrons. The number of hydrogen-bond donors (Lipinski definition) is 3. The van der Waals surface area contributed by atoms with Gasteiger partial charge in [-0.1, -0.05) is 56.2 Å². The second-order valence-corrected chi connectivity index (χ2v) is 8.80. The molecule has 2 aromatic carbocycles. The largest absolute Gasteiger partial charge is 0.456 e. The molecule has 0 fully saturated rings.